The van der Waals surface area contributed by atoms with Crippen LogP contribution in [0, 0.1) is 0 Å². The second-order valence-corrected chi connectivity index (χ2v) is 5.72. The zero-order valence-corrected chi connectivity index (χ0v) is 12.1. The van der Waals surface area contributed by atoms with Gasteiger partial charge in [0.2, 0.25) is 0 Å². The molecule has 0 saturated carbocycles. The van der Waals surface area contributed by atoms with Gasteiger partial charge in [-0.15, -0.1) is 0 Å². The number of hydrogen-bond acceptors (Lipinski definition) is 6. The smallest absolute Gasteiger partial charge is 0.111 e. The number of nitrogens with two attached hydrogens (primary N) is 1. The Hall–Kier alpha value is -0.730. The van der Waals surface area contributed by atoms with Crippen LogP contribution in [0.4, 0.5) is 0 Å². The third kappa shape index (κ3) is 3.73. The Balaban J connectivity index is 2.06. The third-order valence-corrected chi connectivity index (χ3v) is 3.99. The van der Waals surface area contributed by atoms with Crippen molar-refractivity contribution in [2.75, 3.05) is 6.61 Å². The normalized spacial score (nSPS) is 34.7. The van der Waals surface area contributed by atoms with Gasteiger partial charge in [0.05, 0.1) is 6.61 Å². The molecule has 1 aliphatic heterocycles. The Morgan fingerprint density at radius 1 is 1.10 bits per heavy atom. The van der Waals surface area contributed by atoms with Crippen molar-refractivity contribution >= 4 is 11.6 Å². The molecule has 6 N–H and O–H groups in total. The quantitative estimate of drug-likeness (QED) is 0.489. The number of benzene rings is 1. The summed E-state index contributed by atoms with van der Waals surface area (Å²) in [6.45, 7) is -0.463. The van der Waals surface area contributed by atoms with E-state index in [1.807, 2.05) is 12.1 Å². The molecule has 1 aromatic rings. The van der Waals surface area contributed by atoms with Gasteiger partial charge in [0.25, 0.3) is 0 Å². The summed E-state index contributed by atoms with van der Waals surface area (Å²) in [5.74, 6) is 0. The fourth-order valence-electron chi connectivity index (χ4n) is 2.49. The third-order valence-electron chi connectivity index (χ3n) is 3.74. The van der Waals surface area contributed by atoms with Gasteiger partial charge in [-0.25, -0.2) is 0 Å². The molecule has 21 heavy (non-hydrogen) atoms. The van der Waals surface area contributed by atoms with Crippen LogP contribution >= 0.6 is 11.6 Å². The summed E-state index contributed by atoms with van der Waals surface area (Å²) >= 11 is 5.81. The molecule has 0 amide bonds. The van der Waals surface area contributed by atoms with Crippen LogP contribution in [0.25, 0.3) is 0 Å². The fourth-order valence-corrected chi connectivity index (χ4v) is 2.62. The second-order valence-electron chi connectivity index (χ2n) is 5.29. The van der Waals surface area contributed by atoms with Gasteiger partial charge < -0.3 is 30.9 Å². The van der Waals surface area contributed by atoms with E-state index in [1.54, 1.807) is 12.1 Å². The molecule has 1 saturated heterocycles. The Kier molecular flexibility index (Phi) is 5.56. The van der Waals surface area contributed by atoms with Crippen LogP contribution in [0.15, 0.2) is 24.3 Å². The molecule has 1 heterocycles. The largest absolute Gasteiger partial charge is 0.394 e. The van der Waals surface area contributed by atoms with Crippen molar-refractivity contribution in [3.63, 3.8) is 0 Å². The van der Waals surface area contributed by atoms with E-state index < -0.39 is 43.2 Å². The van der Waals surface area contributed by atoms with E-state index in [0.29, 0.717) is 11.4 Å². The van der Waals surface area contributed by atoms with Crippen molar-refractivity contribution in [3.8, 4) is 0 Å². The number of ether oxygens (including phenoxy) is 1. The van der Waals surface area contributed by atoms with Crippen molar-refractivity contribution in [2.24, 2.45) is 5.73 Å². The summed E-state index contributed by atoms with van der Waals surface area (Å²) < 4.78 is 5.43. The van der Waals surface area contributed by atoms with Gasteiger partial charge in [0.15, 0.2) is 0 Å². The van der Waals surface area contributed by atoms with Crippen LogP contribution in [0.2, 0.25) is 5.02 Å². The first-order valence-electron chi connectivity index (χ1n) is 6.74. The molecular formula is C14H20ClNO5. The Bertz CT molecular complexity index is 455. The summed E-state index contributed by atoms with van der Waals surface area (Å²) in [4.78, 5) is 0. The SMILES string of the molecule is NC(Cc1ccc(Cl)cc1)[C@@H]1O[C@H](CO)[C@@H](O)[C@H](O)[C@H]1O. The lowest BCUT2D eigenvalue weighted by molar-refractivity contribution is -0.233. The molecule has 1 aromatic carbocycles. The summed E-state index contributed by atoms with van der Waals surface area (Å²) in [5.41, 5.74) is 6.95. The molecule has 1 unspecified atom stereocenters. The van der Waals surface area contributed by atoms with Crippen molar-refractivity contribution in [1.29, 1.82) is 0 Å². The summed E-state index contributed by atoms with van der Waals surface area (Å²) in [6.07, 6.45) is -5.51. The predicted molar refractivity (Wildman–Crippen MR) is 76.9 cm³/mol. The highest BCUT2D eigenvalue weighted by molar-refractivity contribution is 6.30. The highest BCUT2D eigenvalue weighted by atomic mass is 35.5. The molecule has 7 heteroatoms. The molecule has 0 aromatic heterocycles. The summed E-state index contributed by atoms with van der Waals surface area (Å²) in [6, 6.07) is 6.49. The van der Waals surface area contributed by atoms with Gasteiger partial charge in [-0.3, -0.25) is 0 Å². The second kappa shape index (κ2) is 7.02. The molecule has 0 spiro atoms. The lowest BCUT2D eigenvalue weighted by Crippen LogP contribution is -2.63. The molecule has 1 aliphatic rings. The Labute approximate surface area is 127 Å². The fraction of sp³-hybridized carbons (Fsp3) is 0.571. The summed E-state index contributed by atoms with van der Waals surface area (Å²) in [5, 5.41) is 39.2. The standard InChI is InChI=1S/C14H20ClNO5/c15-8-3-1-7(2-4-8)5-9(16)14-13(20)12(19)11(18)10(6-17)21-14/h1-4,9-14,17-20H,5-6,16H2/t9?,10-,11-,12+,13-,14+/m1/s1. The number of rotatable bonds is 4. The van der Waals surface area contributed by atoms with Crippen molar-refractivity contribution in [1.82, 2.24) is 0 Å². The van der Waals surface area contributed by atoms with Crippen LogP contribution in [-0.2, 0) is 11.2 Å². The number of hydrogen-bond donors (Lipinski definition) is 5. The van der Waals surface area contributed by atoms with Crippen molar-refractivity contribution < 1.29 is 25.2 Å². The molecule has 1 fully saturated rings. The minimum Gasteiger partial charge on any atom is -0.394 e. The van der Waals surface area contributed by atoms with Gasteiger partial charge in [0.1, 0.15) is 30.5 Å². The maximum absolute atomic E-state index is 10.00. The van der Waals surface area contributed by atoms with E-state index in [0.717, 1.165) is 5.56 Å². The van der Waals surface area contributed by atoms with E-state index in [2.05, 4.69) is 0 Å². The van der Waals surface area contributed by atoms with E-state index >= 15 is 0 Å². The molecule has 6 nitrogen and oxygen atoms in total. The molecule has 0 bridgehead atoms. The van der Waals surface area contributed by atoms with Gasteiger partial charge in [-0.2, -0.15) is 0 Å². The van der Waals surface area contributed by atoms with Gasteiger partial charge in [0, 0.05) is 11.1 Å². The van der Waals surface area contributed by atoms with Crippen LogP contribution in [-0.4, -0.2) is 63.6 Å². The van der Waals surface area contributed by atoms with Gasteiger partial charge >= 0.3 is 0 Å². The molecule has 0 radical (unpaired) electrons. The monoisotopic (exact) mass is 317 g/mol. The number of aliphatic hydroxyl groups excluding tert-OH is 4. The van der Waals surface area contributed by atoms with E-state index in [9.17, 15) is 15.3 Å². The number of halogens is 1. The first-order chi connectivity index (χ1) is 9.93. The van der Waals surface area contributed by atoms with Crippen LogP contribution in [0.3, 0.4) is 0 Å². The topological polar surface area (TPSA) is 116 Å². The minimum absolute atomic E-state index is 0.403. The zero-order chi connectivity index (χ0) is 15.6. The van der Waals surface area contributed by atoms with E-state index in [1.165, 1.54) is 0 Å². The van der Waals surface area contributed by atoms with Crippen LogP contribution in [0.5, 0.6) is 0 Å². The van der Waals surface area contributed by atoms with Crippen molar-refractivity contribution in [3.05, 3.63) is 34.9 Å². The maximum Gasteiger partial charge on any atom is 0.111 e. The number of aliphatic hydroxyl groups is 4. The Morgan fingerprint density at radius 3 is 2.29 bits per heavy atom. The average molecular weight is 318 g/mol. The highest BCUT2D eigenvalue weighted by Crippen LogP contribution is 2.24. The minimum atomic E-state index is -1.41. The molecular weight excluding hydrogens is 298 g/mol. The zero-order valence-electron chi connectivity index (χ0n) is 11.3. The van der Waals surface area contributed by atoms with Gasteiger partial charge in [-0.05, 0) is 24.1 Å². The lowest BCUT2D eigenvalue weighted by Gasteiger charge is -2.42. The first-order valence-corrected chi connectivity index (χ1v) is 7.12. The molecule has 6 atom stereocenters. The molecule has 2 rings (SSSR count). The van der Waals surface area contributed by atoms with Crippen LogP contribution < -0.4 is 5.73 Å². The van der Waals surface area contributed by atoms with E-state index in [-0.39, 0.29) is 0 Å². The van der Waals surface area contributed by atoms with Crippen LogP contribution in [0.1, 0.15) is 5.56 Å². The highest BCUT2D eigenvalue weighted by Gasteiger charge is 2.45. The van der Waals surface area contributed by atoms with Gasteiger partial charge in [-0.1, -0.05) is 23.7 Å². The first kappa shape index (κ1) is 16.6. The maximum atomic E-state index is 10.00. The van der Waals surface area contributed by atoms with Crippen molar-refractivity contribution in [2.45, 2.75) is 43.0 Å². The molecule has 0 aliphatic carbocycles. The molecule has 118 valence electrons. The summed E-state index contributed by atoms with van der Waals surface area (Å²) in [7, 11) is 0. The Morgan fingerprint density at radius 2 is 1.71 bits per heavy atom. The average Bonchev–Trinajstić information content (AvgIpc) is 2.47. The lowest BCUT2D eigenvalue weighted by atomic mass is 9.89. The predicted octanol–water partition coefficient (Wildman–Crippen LogP) is -0.948. The van der Waals surface area contributed by atoms with E-state index in [4.69, 9.17) is 27.2 Å².